The summed E-state index contributed by atoms with van der Waals surface area (Å²) in [6.45, 7) is 1.33. The molecular formula is C16H14N6O5. The fourth-order valence-corrected chi connectivity index (χ4v) is 3.36. The van der Waals surface area contributed by atoms with Crippen LogP contribution in [0.5, 0.6) is 0 Å². The molecule has 2 aliphatic heterocycles. The Morgan fingerprint density at radius 3 is 2.89 bits per heavy atom. The Balaban J connectivity index is 1.68. The molecule has 11 nitrogen and oxygen atoms in total. The normalized spacial score (nSPS) is 17.4. The lowest BCUT2D eigenvalue weighted by atomic mass is 10.2. The van der Waals surface area contributed by atoms with E-state index < -0.39 is 16.9 Å². The number of nitrogens with zero attached hydrogens (tertiary/aromatic N) is 5. The van der Waals surface area contributed by atoms with Gasteiger partial charge in [-0.15, -0.1) is 0 Å². The van der Waals surface area contributed by atoms with Crippen LogP contribution < -0.4 is 15.1 Å². The summed E-state index contributed by atoms with van der Waals surface area (Å²) in [7, 11) is 0. The number of carbonyl (C=O) groups is 2. The smallest absolute Gasteiger partial charge is 0.354 e. The summed E-state index contributed by atoms with van der Waals surface area (Å²) in [5.74, 6) is -0.899. The summed E-state index contributed by atoms with van der Waals surface area (Å²) in [6, 6.07) is 4.68. The number of pyridine rings is 2. The molecule has 0 aliphatic carbocycles. The van der Waals surface area contributed by atoms with E-state index in [1.54, 1.807) is 6.07 Å². The standard InChI is InChI=1S/C16H14N6O5/c23-15(24)11-1-2-12-14(18-11)21(10-4-6-20(12)8-10)16(25)19-13-7-9(22(26)27)3-5-17-13/h1-3,5,7,10H,4,6,8H2,(H,23,24)(H,17,19,25). The number of rotatable bonds is 3. The molecule has 138 valence electrons. The third kappa shape index (κ3) is 2.88. The average molecular weight is 370 g/mol. The van der Waals surface area contributed by atoms with Crippen LogP contribution in [0.3, 0.4) is 0 Å². The second kappa shape index (κ2) is 6.20. The molecule has 11 heteroatoms. The van der Waals surface area contributed by atoms with E-state index in [9.17, 15) is 24.8 Å². The molecule has 2 N–H and O–H groups in total. The third-order valence-corrected chi connectivity index (χ3v) is 4.58. The predicted octanol–water partition coefficient (Wildman–Crippen LogP) is 1.71. The molecule has 1 unspecified atom stereocenters. The summed E-state index contributed by atoms with van der Waals surface area (Å²) >= 11 is 0. The van der Waals surface area contributed by atoms with Crippen molar-refractivity contribution in [1.82, 2.24) is 9.97 Å². The van der Waals surface area contributed by atoms with Crippen molar-refractivity contribution in [3.05, 3.63) is 46.3 Å². The number of hydrogen-bond donors (Lipinski definition) is 2. The monoisotopic (exact) mass is 370 g/mol. The van der Waals surface area contributed by atoms with Crippen molar-refractivity contribution in [2.45, 2.75) is 12.5 Å². The van der Waals surface area contributed by atoms with Gasteiger partial charge >= 0.3 is 12.0 Å². The Morgan fingerprint density at radius 2 is 2.15 bits per heavy atom. The highest BCUT2D eigenvalue weighted by atomic mass is 16.6. The van der Waals surface area contributed by atoms with E-state index in [1.165, 1.54) is 23.2 Å². The highest BCUT2D eigenvalue weighted by Gasteiger charge is 2.40. The number of fused-ring (bicyclic) bond motifs is 4. The van der Waals surface area contributed by atoms with E-state index in [0.29, 0.717) is 18.7 Å². The summed E-state index contributed by atoms with van der Waals surface area (Å²) in [6.07, 6.45) is 1.94. The zero-order valence-corrected chi connectivity index (χ0v) is 13.9. The quantitative estimate of drug-likeness (QED) is 0.614. The number of hydrogen-bond acceptors (Lipinski definition) is 7. The van der Waals surface area contributed by atoms with E-state index in [4.69, 9.17) is 0 Å². The number of aromatic carboxylic acids is 1. The highest BCUT2D eigenvalue weighted by Crippen LogP contribution is 2.39. The fourth-order valence-electron chi connectivity index (χ4n) is 3.36. The largest absolute Gasteiger partial charge is 0.477 e. The van der Waals surface area contributed by atoms with Gasteiger partial charge in [0.1, 0.15) is 5.82 Å². The first-order valence-corrected chi connectivity index (χ1v) is 8.14. The molecule has 2 bridgehead atoms. The Morgan fingerprint density at radius 1 is 1.33 bits per heavy atom. The molecule has 1 saturated heterocycles. The Labute approximate surface area is 152 Å². The SMILES string of the molecule is O=C(O)c1ccc2c(n1)N(C(=O)Nc1cc([N+](=O)[O-])ccn1)C1CCN2C1. The number of amides is 2. The molecule has 0 radical (unpaired) electrons. The van der Waals surface area contributed by atoms with E-state index in [-0.39, 0.29) is 29.1 Å². The molecule has 2 aromatic heterocycles. The first kappa shape index (κ1) is 16.7. The van der Waals surface area contributed by atoms with Gasteiger partial charge in [-0.25, -0.2) is 19.6 Å². The molecule has 0 spiro atoms. The van der Waals surface area contributed by atoms with Gasteiger partial charge in [-0.2, -0.15) is 0 Å². The highest BCUT2D eigenvalue weighted by molar-refractivity contribution is 6.04. The summed E-state index contributed by atoms with van der Waals surface area (Å²) < 4.78 is 0. The molecule has 2 aromatic rings. The first-order chi connectivity index (χ1) is 12.9. The molecule has 4 heterocycles. The minimum atomic E-state index is -1.19. The topological polar surface area (TPSA) is 142 Å². The number of urea groups is 1. The first-order valence-electron chi connectivity index (χ1n) is 8.14. The summed E-state index contributed by atoms with van der Waals surface area (Å²) in [5.41, 5.74) is 0.316. The van der Waals surface area contributed by atoms with Crippen LogP contribution in [-0.4, -0.2) is 51.1 Å². The predicted molar refractivity (Wildman–Crippen MR) is 94.2 cm³/mol. The third-order valence-electron chi connectivity index (χ3n) is 4.58. The summed E-state index contributed by atoms with van der Waals surface area (Å²) in [5, 5.41) is 22.6. The van der Waals surface area contributed by atoms with Crippen LogP contribution in [0.1, 0.15) is 16.9 Å². The molecule has 2 aliphatic rings. The second-order valence-electron chi connectivity index (χ2n) is 6.19. The van der Waals surface area contributed by atoms with Gasteiger partial charge in [-0.05, 0) is 18.6 Å². The number of carboxylic acids is 1. The van der Waals surface area contributed by atoms with Crippen molar-refractivity contribution in [2.75, 3.05) is 28.2 Å². The zero-order chi connectivity index (χ0) is 19.1. The van der Waals surface area contributed by atoms with Gasteiger partial charge in [0, 0.05) is 25.4 Å². The fraction of sp³-hybridized carbons (Fsp3) is 0.250. The minimum Gasteiger partial charge on any atom is -0.477 e. The Hall–Kier alpha value is -3.76. The molecule has 0 saturated carbocycles. The average Bonchev–Trinajstić information content (AvgIpc) is 3.06. The van der Waals surface area contributed by atoms with Crippen molar-refractivity contribution in [3.8, 4) is 0 Å². The zero-order valence-electron chi connectivity index (χ0n) is 13.9. The Bertz CT molecular complexity index is 964. The van der Waals surface area contributed by atoms with Gasteiger partial charge in [-0.3, -0.25) is 20.3 Å². The lowest BCUT2D eigenvalue weighted by Gasteiger charge is -2.35. The van der Waals surface area contributed by atoms with Crippen molar-refractivity contribution in [1.29, 1.82) is 0 Å². The number of carboxylic acid groups (broad SMARTS) is 1. The van der Waals surface area contributed by atoms with Crippen molar-refractivity contribution >= 4 is 35.0 Å². The van der Waals surface area contributed by atoms with E-state index in [2.05, 4.69) is 15.3 Å². The second-order valence-corrected chi connectivity index (χ2v) is 6.19. The maximum atomic E-state index is 12.9. The van der Waals surface area contributed by atoms with E-state index in [1.807, 2.05) is 4.90 Å². The van der Waals surface area contributed by atoms with Gasteiger partial charge in [0.15, 0.2) is 11.5 Å². The van der Waals surface area contributed by atoms with Crippen LogP contribution >= 0.6 is 0 Å². The van der Waals surface area contributed by atoms with E-state index in [0.717, 1.165) is 12.6 Å². The molecule has 27 heavy (non-hydrogen) atoms. The summed E-state index contributed by atoms with van der Waals surface area (Å²) in [4.78, 5) is 46.0. The minimum absolute atomic E-state index is 0.0329. The van der Waals surface area contributed by atoms with Crippen LogP contribution in [0.25, 0.3) is 0 Å². The van der Waals surface area contributed by atoms with Gasteiger partial charge < -0.3 is 10.0 Å². The number of nitro groups is 1. The maximum Gasteiger partial charge on any atom is 0.354 e. The Kier molecular flexibility index (Phi) is 3.83. The maximum absolute atomic E-state index is 12.9. The molecule has 0 aromatic carbocycles. The lowest BCUT2D eigenvalue weighted by Crippen LogP contribution is -2.48. The molecule has 1 atom stereocenters. The number of carbonyl (C=O) groups excluding carboxylic acids is 1. The van der Waals surface area contributed by atoms with Crippen LogP contribution in [0.2, 0.25) is 0 Å². The van der Waals surface area contributed by atoms with Crippen molar-refractivity contribution in [3.63, 3.8) is 0 Å². The van der Waals surface area contributed by atoms with Gasteiger partial charge in [-0.1, -0.05) is 0 Å². The van der Waals surface area contributed by atoms with Crippen LogP contribution in [-0.2, 0) is 0 Å². The number of aromatic nitrogens is 2. The van der Waals surface area contributed by atoms with Crippen molar-refractivity contribution < 1.29 is 19.6 Å². The van der Waals surface area contributed by atoms with Crippen LogP contribution in [0, 0.1) is 10.1 Å². The molecule has 1 fully saturated rings. The number of nitrogens with one attached hydrogen (secondary N) is 1. The molecular weight excluding hydrogens is 356 g/mol. The van der Waals surface area contributed by atoms with E-state index >= 15 is 0 Å². The van der Waals surface area contributed by atoms with Crippen LogP contribution in [0.4, 0.5) is 27.8 Å². The van der Waals surface area contributed by atoms with Crippen LogP contribution in [0.15, 0.2) is 30.5 Å². The van der Waals surface area contributed by atoms with Gasteiger partial charge in [0.2, 0.25) is 0 Å². The number of anilines is 3. The molecule has 2 amide bonds. The lowest BCUT2D eigenvalue weighted by molar-refractivity contribution is -0.384. The van der Waals surface area contributed by atoms with Gasteiger partial charge in [0.25, 0.3) is 5.69 Å². The van der Waals surface area contributed by atoms with Crippen molar-refractivity contribution in [2.24, 2.45) is 0 Å². The molecule has 4 rings (SSSR count). The van der Waals surface area contributed by atoms with Gasteiger partial charge in [0.05, 0.1) is 22.7 Å².